The summed E-state index contributed by atoms with van der Waals surface area (Å²) in [6.07, 6.45) is 2.33. The van der Waals surface area contributed by atoms with Crippen LogP contribution in [-0.2, 0) is 16.0 Å². The van der Waals surface area contributed by atoms with E-state index in [1.807, 2.05) is 37.3 Å². The summed E-state index contributed by atoms with van der Waals surface area (Å²) in [5, 5.41) is 0. The lowest BCUT2D eigenvalue weighted by Crippen LogP contribution is -2.06. The Bertz CT molecular complexity index is 806. The van der Waals surface area contributed by atoms with Gasteiger partial charge in [-0.15, -0.1) is 0 Å². The Balaban J connectivity index is 2.06. The van der Waals surface area contributed by atoms with Crippen LogP contribution in [-0.4, -0.2) is 23.8 Å². The average molecular weight is 341 g/mol. The molecule has 4 nitrogen and oxygen atoms in total. The van der Waals surface area contributed by atoms with E-state index in [4.69, 9.17) is 4.74 Å². The van der Waals surface area contributed by atoms with Gasteiger partial charge in [-0.05, 0) is 44.4 Å². The van der Waals surface area contributed by atoms with Gasteiger partial charge in [-0.25, -0.2) is 4.79 Å². The van der Waals surface area contributed by atoms with Crippen LogP contribution in [0.5, 0.6) is 0 Å². The summed E-state index contributed by atoms with van der Waals surface area (Å²) in [7, 11) is 0. The van der Waals surface area contributed by atoms with Crippen LogP contribution in [0.25, 0.3) is 4.91 Å². The number of ether oxygens (including phenoxy) is 1. The second-order valence-electron chi connectivity index (χ2n) is 5.59. The number of H-pyrrole nitrogens is 1. The maximum atomic E-state index is 12.2. The second kappa shape index (κ2) is 7.09. The first-order valence-electron chi connectivity index (χ1n) is 7.95. The molecule has 1 aliphatic rings. The number of hydrogen-bond acceptors (Lipinski definition) is 4. The minimum atomic E-state index is -0.346. The molecule has 0 atom stereocenters. The molecule has 0 fully saturated rings. The number of carbonyl (C=O) groups is 2. The number of aldehydes is 1. The van der Waals surface area contributed by atoms with E-state index in [9.17, 15) is 9.59 Å². The fourth-order valence-corrected chi connectivity index (χ4v) is 4.12. The molecule has 1 N–H and O–H groups in total. The maximum Gasteiger partial charge on any atom is 0.355 e. The van der Waals surface area contributed by atoms with Crippen molar-refractivity contribution in [2.75, 3.05) is 6.61 Å². The van der Waals surface area contributed by atoms with Gasteiger partial charge in [0.25, 0.3) is 0 Å². The third kappa shape index (κ3) is 3.04. The summed E-state index contributed by atoms with van der Waals surface area (Å²) in [6.45, 7) is 4.03. The zero-order valence-corrected chi connectivity index (χ0v) is 14.5. The molecule has 3 rings (SSSR count). The third-order valence-electron chi connectivity index (χ3n) is 4.08. The van der Waals surface area contributed by atoms with Gasteiger partial charge in [0.2, 0.25) is 0 Å². The molecular weight excluding hydrogens is 322 g/mol. The highest BCUT2D eigenvalue weighted by Gasteiger charge is 2.27. The van der Waals surface area contributed by atoms with Gasteiger partial charge in [0.05, 0.1) is 6.61 Å². The van der Waals surface area contributed by atoms with Crippen molar-refractivity contribution in [1.82, 2.24) is 4.98 Å². The molecule has 0 saturated carbocycles. The van der Waals surface area contributed by atoms with Gasteiger partial charge in [0.15, 0.2) is 0 Å². The number of aromatic nitrogens is 1. The summed E-state index contributed by atoms with van der Waals surface area (Å²) < 4.78 is 5.13. The lowest BCUT2D eigenvalue weighted by Gasteiger charge is -2.18. The van der Waals surface area contributed by atoms with Crippen molar-refractivity contribution in [2.24, 2.45) is 0 Å². The van der Waals surface area contributed by atoms with Gasteiger partial charge in [-0.2, -0.15) is 0 Å². The fourth-order valence-electron chi connectivity index (χ4n) is 2.93. The van der Waals surface area contributed by atoms with Gasteiger partial charge < -0.3 is 9.72 Å². The minimum absolute atomic E-state index is 0.336. The van der Waals surface area contributed by atoms with Crippen molar-refractivity contribution in [2.45, 2.75) is 31.6 Å². The molecule has 124 valence electrons. The average Bonchev–Trinajstić information content (AvgIpc) is 2.94. The molecule has 0 radical (unpaired) electrons. The number of aryl methyl sites for hydroxylation is 1. The number of rotatable bonds is 5. The quantitative estimate of drug-likeness (QED) is 0.656. The molecule has 1 aliphatic carbocycles. The first kappa shape index (κ1) is 16.6. The summed E-state index contributed by atoms with van der Waals surface area (Å²) in [4.78, 5) is 28.9. The molecule has 1 aromatic heterocycles. The van der Waals surface area contributed by atoms with Crippen LogP contribution in [0.1, 0.15) is 40.7 Å². The molecule has 1 aromatic carbocycles. The van der Waals surface area contributed by atoms with E-state index >= 15 is 0 Å². The number of benzene rings is 1. The number of aromatic amines is 1. The molecule has 24 heavy (non-hydrogen) atoms. The van der Waals surface area contributed by atoms with Crippen LogP contribution in [0.3, 0.4) is 0 Å². The van der Waals surface area contributed by atoms with Gasteiger partial charge in [-0.3, -0.25) is 4.79 Å². The molecule has 0 saturated heterocycles. The highest BCUT2D eigenvalue weighted by atomic mass is 32.2. The Kier molecular flexibility index (Phi) is 4.90. The lowest BCUT2D eigenvalue weighted by molar-refractivity contribution is -0.105. The van der Waals surface area contributed by atoms with Crippen LogP contribution in [0.2, 0.25) is 0 Å². The van der Waals surface area contributed by atoms with E-state index in [0.29, 0.717) is 18.7 Å². The molecule has 2 aromatic rings. The molecule has 0 amide bonds. The van der Waals surface area contributed by atoms with Gasteiger partial charge in [-0.1, -0.05) is 30.0 Å². The van der Waals surface area contributed by atoms with Crippen molar-refractivity contribution in [3.05, 3.63) is 58.4 Å². The number of hydrogen-bond donors (Lipinski definition) is 1. The van der Waals surface area contributed by atoms with E-state index in [-0.39, 0.29) is 5.97 Å². The van der Waals surface area contributed by atoms with E-state index < -0.39 is 0 Å². The summed E-state index contributed by atoms with van der Waals surface area (Å²) >= 11 is 1.57. The molecule has 5 heteroatoms. The number of allylic oxidation sites excluding steroid dienone is 1. The molecule has 0 unspecified atom stereocenters. The first-order chi connectivity index (χ1) is 11.7. The molecule has 1 heterocycles. The summed E-state index contributed by atoms with van der Waals surface area (Å²) in [5.41, 5.74) is 4.09. The number of carbonyl (C=O) groups excluding carboxylic acids is 2. The monoisotopic (exact) mass is 341 g/mol. The highest BCUT2D eigenvalue weighted by Crippen LogP contribution is 2.44. The largest absolute Gasteiger partial charge is 0.461 e. The zero-order valence-electron chi connectivity index (χ0n) is 13.7. The Labute approximate surface area is 145 Å². The molecule has 0 spiro atoms. The Morgan fingerprint density at radius 2 is 2.04 bits per heavy atom. The lowest BCUT2D eigenvalue weighted by atomic mass is 9.95. The number of nitrogens with one attached hydrogen (secondary N) is 1. The van der Waals surface area contributed by atoms with E-state index in [2.05, 4.69) is 4.98 Å². The first-order valence-corrected chi connectivity index (χ1v) is 8.77. The van der Waals surface area contributed by atoms with Gasteiger partial charge in [0, 0.05) is 26.6 Å². The highest BCUT2D eigenvalue weighted by molar-refractivity contribution is 8.08. The second-order valence-corrected chi connectivity index (χ2v) is 6.67. The number of fused-ring (bicyclic) bond motifs is 1. The molecule has 0 aliphatic heterocycles. The smallest absolute Gasteiger partial charge is 0.355 e. The molecular formula is C19H19NO3S. The van der Waals surface area contributed by atoms with Crippen LogP contribution in [0, 0.1) is 6.92 Å². The number of esters is 1. The van der Waals surface area contributed by atoms with E-state index in [1.165, 1.54) is 0 Å². The zero-order chi connectivity index (χ0) is 17.1. The van der Waals surface area contributed by atoms with Crippen LogP contribution in [0.4, 0.5) is 0 Å². The van der Waals surface area contributed by atoms with Crippen molar-refractivity contribution in [1.29, 1.82) is 0 Å². The number of thioether (sulfide) groups is 1. The third-order valence-corrected chi connectivity index (χ3v) is 5.25. The van der Waals surface area contributed by atoms with Crippen molar-refractivity contribution >= 4 is 28.9 Å². The fraction of sp³-hybridized carbons (Fsp3) is 0.263. The predicted octanol–water partition coefficient (Wildman–Crippen LogP) is 4.15. The SMILES string of the molecule is CCOC(=O)c1[nH]c2c(c1C)C(Sc1ccccc1)=C(C=O)CC2. The van der Waals surface area contributed by atoms with Crippen LogP contribution < -0.4 is 0 Å². The summed E-state index contributed by atoms with van der Waals surface area (Å²) in [5.74, 6) is -0.346. The van der Waals surface area contributed by atoms with Crippen LogP contribution in [0.15, 0.2) is 40.8 Å². The summed E-state index contributed by atoms with van der Waals surface area (Å²) in [6, 6.07) is 9.94. The Morgan fingerprint density at radius 1 is 1.29 bits per heavy atom. The van der Waals surface area contributed by atoms with Gasteiger partial charge >= 0.3 is 5.97 Å². The van der Waals surface area contributed by atoms with Crippen molar-refractivity contribution in [3.63, 3.8) is 0 Å². The normalized spacial score (nSPS) is 13.6. The Hall–Kier alpha value is -2.27. The standard InChI is InChI=1S/C19H19NO3S/c1-3-23-19(22)17-12(2)16-15(20-17)10-9-13(11-21)18(16)24-14-7-5-4-6-8-14/h4-8,11,20H,3,9-10H2,1-2H3. The van der Waals surface area contributed by atoms with Crippen LogP contribution >= 0.6 is 11.8 Å². The van der Waals surface area contributed by atoms with E-state index in [1.54, 1.807) is 18.7 Å². The van der Waals surface area contributed by atoms with Crippen molar-refractivity contribution in [3.8, 4) is 0 Å². The topological polar surface area (TPSA) is 59.2 Å². The Morgan fingerprint density at radius 3 is 2.71 bits per heavy atom. The van der Waals surface area contributed by atoms with Crippen molar-refractivity contribution < 1.29 is 14.3 Å². The predicted molar refractivity (Wildman–Crippen MR) is 95.1 cm³/mol. The molecule has 0 bridgehead atoms. The minimum Gasteiger partial charge on any atom is -0.461 e. The maximum absolute atomic E-state index is 12.2. The van der Waals surface area contributed by atoms with Gasteiger partial charge in [0.1, 0.15) is 12.0 Å². The van der Waals surface area contributed by atoms with E-state index in [0.717, 1.165) is 44.9 Å².